The zero-order chi connectivity index (χ0) is 20.1. The number of carbonyl (C=O) groups is 2. The normalized spacial score (nSPS) is 11.6. The fourth-order valence-corrected chi connectivity index (χ4v) is 3.46. The van der Waals surface area contributed by atoms with Crippen LogP contribution in [0.25, 0.3) is 10.6 Å². The highest BCUT2D eigenvalue weighted by Gasteiger charge is 2.21. The molecule has 0 unspecified atom stereocenters. The van der Waals surface area contributed by atoms with Gasteiger partial charge >= 0.3 is 5.97 Å². The molecule has 1 heterocycles. The summed E-state index contributed by atoms with van der Waals surface area (Å²) in [5.41, 5.74) is 1.04. The second-order valence-electron chi connectivity index (χ2n) is 5.91. The van der Waals surface area contributed by atoms with Crippen LogP contribution in [0.2, 0.25) is 0 Å². The lowest BCUT2D eigenvalue weighted by Crippen LogP contribution is -2.30. The molecule has 0 spiro atoms. The molecule has 3 aromatic rings. The number of hydrogen-bond acceptors (Lipinski definition) is 5. The van der Waals surface area contributed by atoms with Gasteiger partial charge in [-0.1, -0.05) is 24.3 Å². The van der Waals surface area contributed by atoms with Crippen molar-refractivity contribution in [1.29, 1.82) is 0 Å². The summed E-state index contributed by atoms with van der Waals surface area (Å²) in [4.78, 5) is 28.0. The summed E-state index contributed by atoms with van der Waals surface area (Å²) >= 11 is 1.14. The number of carbonyl (C=O) groups excluding carboxylic acids is 1. The summed E-state index contributed by atoms with van der Waals surface area (Å²) in [7, 11) is 1.53. The first-order chi connectivity index (χ1) is 13.5. The number of carboxylic acid groups (broad SMARTS) is 1. The second-order valence-corrected chi connectivity index (χ2v) is 6.77. The van der Waals surface area contributed by atoms with Crippen molar-refractivity contribution >= 4 is 23.2 Å². The predicted molar refractivity (Wildman–Crippen MR) is 103 cm³/mol. The second kappa shape index (κ2) is 8.62. The number of thiazole rings is 1. The lowest BCUT2D eigenvalue weighted by molar-refractivity contribution is -0.137. The van der Waals surface area contributed by atoms with E-state index >= 15 is 0 Å². The molecule has 1 atom stereocenters. The Morgan fingerprint density at radius 1 is 1.21 bits per heavy atom. The van der Waals surface area contributed by atoms with Gasteiger partial charge in [-0.15, -0.1) is 11.3 Å². The number of benzene rings is 2. The van der Waals surface area contributed by atoms with Gasteiger partial charge in [0, 0.05) is 10.9 Å². The average molecular weight is 400 g/mol. The van der Waals surface area contributed by atoms with Crippen LogP contribution in [0.4, 0.5) is 4.39 Å². The first-order valence-corrected chi connectivity index (χ1v) is 9.23. The van der Waals surface area contributed by atoms with Gasteiger partial charge in [-0.2, -0.15) is 0 Å². The number of nitrogens with zero attached hydrogens (tertiary/aromatic N) is 1. The maximum Gasteiger partial charge on any atom is 0.305 e. The Labute approximate surface area is 164 Å². The van der Waals surface area contributed by atoms with E-state index in [4.69, 9.17) is 4.74 Å². The maximum atomic E-state index is 13.9. The monoisotopic (exact) mass is 400 g/mol. The summed E-state index contributed by atoms with van der Waals surface area (Å²) in [6.07, 6.45) is -0.289. The molecule has 0 aliphatic rings. The number of aromatic nitrogens is 1. The van der Waals surface area contributed by atoms with E-state index in [0.29, 0.717) is 21.9 Å². The molecule has 0 bridgehead atoms. The van der Waals surface area contributed by atoms with Crippen molar-refractivity contribution in [2.75, 3.05) is 7.11 Å². The smallest absolute Gasteiger partial charge is 0.305 e. The van der Waals surface area contributed by atoms with Crippen LogP contribution in [-0.4, -0.2) is 29.1 Å². The van der Waals surface area contributed by atoms with Crippen LogP contribution in [0.5, 0.6) is 5.75 Å². The molecule has 28 heavy (non-hydrogen) atoms. The van der Waals surface area contributed by atoms with E-state index in [1.807, 2.05) is 0 Å². The first-order valence-electron chi connectivity index (χ1n) is 8.35. The van der Waals surface area contributed by atoms with Crippen LogP contribution >= 0.6 is 11.3 Å². The molecule has 0 aliphatic carbocycles. The summed E-state index contributed by atoms with van der Waals surface area (Å²) in [6, 6.07) is 12.2. The van der Waals surface area contributed by atoms with E-state index in [-0.39, 0.29) is 12.1 Å². The van der Waals surface area contributed by atoms with E-state index in [9.17, 15) is 19.1 Å². The van der Waals surface area contributed by atoms with Crippen LogP contribution in [0.15, 0.2) is 53.9 Å². The number of amides is 1. The molecule has 6 nitrogen and oxygen atoms in total. The quantitative estimate of drug-likeness (QED) is 0.628. The number of rotatable bonds is 7. The zero-order valence-corrected chi connectivity index (χ0v) is 15.7. The lowest BCUT2D eigenvalue weighted by atomic mass is 10.0. The van der Waals surface area contributed by atoms with Gasteiger partial charge in [0.1, 0.15) is 22.3 Å². The molecule has 3 rings (SSSR count). The van der Waals surface area contributed by atoms with Crippen LogP contribution < -0.4 is 10.1 Å². The molecule has 144 valence electrons. The molecule has 1 amide bonds. The summed E-state index contributed by atoms with van der Waals surface area (Å²) < 4.78 is 19.0. The summed E-state index contributed by atoms with van der Waals surface area (Å²) in [5, 5.41) is 13.8. The lowest BCUT2D eigenvalue weighted by Gasteiger charge is -2.17. The molecule has 2 aromatic carbocycles. The van der Waals surface area contributed by atoms with E-state index in [1.54, 1.807) is 42.5 Å². The minimum Gasteiger partial charge on any atom is -0.497 e. The van der Waals surface area contributed by atoms with Gasteiger partial charge in [0.2, 0.25) is 0 Å². The number of nitrogens with one attached hydrogen (secondary N) is 1. The van der Waals surface area contributed by atoms with Gasteiger partial charge in [-0.3, -0.25) is 9.59 Å². The summed E-state index contributed by atoms with van der Waals surface area (Å²) in [6.45, 7) is 0. The number of methoxy groups -OCH3 is 1. The van der Waals surface area contributed by atoms with Crippen molar-refractivity contribution in [1.82, 2.24) is 10.3 Å². The number of hydrogen-bond donors (Lipinski definition) is 2. The van der Waals surface area contributed by atoms with Gasteiger partial charge in [-0.25, -0.2) is 9.37 Å². The van der Waals surface area contributed by atoms with Gasteiger partial charge in [0.15, 0.2) is 0 Å². The molecule has 0 fully saturated rings. The van der Waals surface area contributed by atoms with Gasteiger partial charge in [0.05, 0.1) is 19.6 Å². The van der Waals surface area contributed by atoms with Crippen molar-refractivity contribution < 1.29 is 23.8 Å². The van der Waals surface area contributed by atoms with E-state index in [2.05, 4.69) is 10.3 Å². The topological polar surface area (TPSA) is 88.5 Å². The van der Waals surface area contributed by atoms with Crippen LogP contribution in [0.3, 0.4) is 0 Å². The molecule has 0 saturated heterocycles. The minimum absolute atomic E-state index is 0.104. The molecular formula is C20H17FN2O4S. The molecule has 2 N–H and O–H groups in total. The molecule has 1 aromatic heterocycles. The Balaban J connectivity index is 1.80. The third-order valence-electron chi connectivity index (χ3n) is 4.04. The van der Waals surface area contributed by atoms with Crippen LogP contribution in [0, 0.1) is 5.82 Å². The number of halogens is 1. The average Bonchev–Trinajstić information content (AvgIpc) is 3.17. The fraction of sp³-hybridized carbons (Fsp3) is 0.150. The van der Waals surface area contributed by atoms with Crippen molar-refractivity contribution in [2.24, 2.45) is 0 Å². The van der Waals surface area contributed by atoms with Gasteiger partial charge in [-0.05, 0) is 29.8 Å². The Morgan fingerprint density at radius 2 is 1.93 bits per heavy atom. The SMILES string of the molecule is COc1ccc([C@H](CC(=O)O)NC(=O)c2csc(-c3ccccc3F)n2)cc1. The molecule has 0 radical (unpaired) electrons. The Morgan fingerprint density at radius 3 is 2.57 bits per heavy atom. The molecular weight excluding hydrogens is 383 g/mol. The van der Waals surface area contributed by atoms with Crippen molar-refractivity contribution in [3.63, 3.8) is 0 Å². The zero-order valence-electron chi connectivity index (χ0n) is 14.9. The Kier molecular flexibility index (Phi) is 6.00. The number of aliphatic carboxylic acids is 1. The number of ether oxygens (including phenoxy) is 1. The maximum absolute atomic E-state index is 13.9. The highest BCUT2D eigenvalue weighted by atomic mass is 32.1. The third kappa shape index (κ3) is 4.52. The Bertz CT molecular complexity index is 988. The summed E-state index contributed by atoms with van der Waals surface area (Å²) in [5.74, 6) is -1.38. The van der Waals surface area contributed by atoms with Gasteiger partial charge < -0.3 is 15.2 Å². The van der Waals surface area contributed by atoms with Gasteiger partial charge in [0.25, 0.3) is 5.91 Å². The molecule has 8 heteroatoms. The van der Waals surface area contributed by atoms with E-state index in [1.165, 1.54) is 18.6 Å². The Hall–Kier alpha value is -3.26. The fourth-order valence-electron chi connectivity index (χ4n) is 2.63. The van der Waals surface area contributed by atoms with E-state index < -0.39 is 23.7 Å². The highest BCUT2D eigenvalue weighted by molar-refractivity contribution is 7.13. The largest absolute Gasteiger partial charge is 0.497 e. The third-order valence-corrected chi connectivity index (χ3v) is 4.92. The number of carboxylic acids is 1. The van der Waals surface area contributed by atoms with Crippen LogP contribution in [-0.2, 0) is 4.79 Å². The molecule has 0 saturated carbocycles. The van der Waals surface area contributed by atoms with Crippen molar-refractivity contribution in [3.05, 3.63) is 71.0 Å². The standard InChI is InChI=1S/C20H17FN2O4S/c1-27-13-8-6-12(7-9-13)16(10-18(24)25)22-19(26)17-11-28-20(23-17)14-4-2-3-5-15(14)21/h2-9,11,16H,10H2,1H3,(H,22,26)(H,24,25)/t16-/m0/s1. The van der Waals surface area contributed by atoms with Crippen molar-refractivity contribution in [3.8, 4) is 16.3 Å². The van der Waals surface area contributed by atoms with Crippen LogP contribution in [0.1, 0.15) is 28.5 Å². The molecule has 0 aliphatic heterocycles. The van der Waals surface area contributed by atoms with E-state index in [0.717, 1.165) is 11.3 Å². The highest BCUT2D eigenvalue weighted by Crippen LogP contribution is 2.27. The first kappa shape index (κ1) is 19.5. The minimum atomic E-state index is -1.05. The van der Waals surface area contributed by atoms with Crippen molar-refractivity contribution in [2.45, 2.75) is 12.5 Å². The predicted octanol–water partition coefficient (Wildman–Crippen LogP) is 3.90.